The predicted molar refractivity (Wildman–Crippen MR) is 134 cm³/mol. The number of fused-ring (bicyclic) bond motifs is 1. The van der Waals surface area contributed by atoms with Crippen molar-refractivity contribution in [1.82, 2.24) is 15.2 Å². The lowest BCUT2D eigenvalue weighted by Gasteiger charge is -2.22. The molecule has 7 heteroatoms. The Morgan fingerprint density at radius 1 is 0.914 bits per heavy atom. The van der Waals surface area contributed by atoms with Crippen molar-refractivity contribution in [1.29, 1.82) is 0 Å². The zero-order valence-electron chi connectivity index (χ0n) is 19.2. The third kappa shape index (κ3) is 4.48. The summed E-state index contributed by atoms with van der Waals surface area (Å²) in [5.41, 5.74) is 2.26. The van der Waals surface area contributed by atoms with Gasteiger partial charge in [-0.1, -0.05) is 48.5 Å². The number of benzene rings is 3. The SMILES string of the molecule is CC1(c2ccc3ccccc3c2)NC(=O)N(CC(=O)Nc2ccc(Cc3ccncc3)cc2)C1=O. The van der Waals surface area contributed by atoms with Crippen molar-refractivity contribution < 1.29 is 14.4 Å². The van der Waals surface area contributed by atoms with E-state index in [-0.39, 0.29) is 6.54 Å². The van der Waals surface area contributed by atoms with Gasteiger partial charge in [-0.3, -0.25) is 19.5 Å². The average molecular weight is 465 g/mol. The molecule has 3 aromatic carbocycles. The Labute approximate surface area is 202 Å². The van der Waals surface area contributed by atoms with Gasteiger partial charge in [-0.2, -0.15) is 0 Å². The molecule has 0 saturated carbocycles. The van der Waals surface area contributed by atoms with Gasteiger partial charge in [-0.05, 0) is 71.1 Å². The van der Waals surface area contributed by atoms with E-state index in [2.05, 4.69) is 15.6 Å². The molecule has 0 radical (unpaired) electrons. The second kappa shape index (κ2) is 9.02. The van der Waals surface area contributed by atoms with Gasteiger partial charge < -0.3 is 10.6 Å². The lowest BCUT2D eigenvalue weighted by Crippen LogP contribution is -2.42. The quantitative estimate of drug-likeness (QED) is 0.418. The van der Waals surface area contributed by atoms with E-state index in [1.54, 1.807) is 31.5 Å². The van der Waals surface area contributed by atoms with Gasteiger partial charge in [0.2, 0.25) is 5.91 Å². The molecule has 2 N–H and O–H groups in total. The van der Waals surface area contributed by atoms with Gasteiger partial charge in [0.05, 0.1) is 0 Å². The number of amides is 4. The minimum Gasteiger partial charge on any atom is -0.325 e. The molecule has 1 aromatic heterocycles. The number of carbonyl (C=O) groups is 3. The molecule has 2 heterocycles. The Hall–Kier alpha value is -4.52. The first-order valence-corrected chi connectivity index (χ1v) is 11.3. The molecule has 0 aliphatic carbocycles. The summed E-state index contributed by atoms with van der Waals surface area (Å²) >= 11 is 0. The van der Waals surface area contributed by atoms with Gasteiger partial charge >= 0.3 is 6.03 Å². The van der Waals surface area contributed by atoms with Gasteiger partial charge in [0.1, 0.15) is 12.1 Å². The maximum Gasteiger partial charge on any atom is 0.325 e. The number of aromatic nitrogens is 1. The molecular formula is C28H24N4O3. The third-order valence-electron chi connectivity index (χ3n) is 6.30. The summed E-state index contributed by atoms with van der Waals surface area (Å²) in [7, 11) is 0. The predicted octanol–water partition coefficient (Wildman–Crippen LogP) is 4.23. The highest BCUT2D eigenvalue weighted by molar-refractivity contribution is 6.10. The number of imide groups is 1. The number of anilines is 1. The summed E-state index contributed by atoms with van der Waals surface area (Å²) in [4.78, 5) is 43.5. The molecule has 1 atom stereocenters. The van der Waals surface area contributed by atoms with Crippen molar-refractivity contribution in [2.45, 2.75) is 18.9 Å². The van der Waals surface area contributed by atoms with E-state index in [0.717, 1.165) is 33.2 Å². The normalized spacial score (nSPS) is 17.5. The summed E-state index contributed by atoms with van der Waals surface area (Å²) in [6, 6.07) is 24.3. The summed E-state index contributed by atoms with van der Waals surface area (Å²) in [6.45, 7) is 1.30. The van der Waals surface area contributed by atoms with Crippen LogP contribution in [0.15, 0.2) is 91.3 Å². The summed E-state index contributed by atoms with van der Waals surface area (Å²) in [5.74, 6) is -0.904. The van der Waals surface area contributed by atoms with Gasteiger partial charge in [-0.15, -0.1) is 0 Å². The smallest absolute Gasteiger partial charge is 0.325 e. The van der Waals surface area contributed by atoms with Crippen LogP contribution < -0.4 is 10.6 Å². The van der Waals surface area contributed by atoms with Gasteiger partial charge in [0.25, 0.3) is 5.91 Å². The summed E-state index contributed by atoms with van der Waals surface area (Å²) < 4.78 is 0. The molecule has 5 rings (SSSR count). The molecular weight excluding hydrogens is 440 g/mol. The third-order valence-corrected chi connectivity index (χ3v) is 6.30. The van der Waals surface area contributed by atoms with Crippen LogP contribution in [0.5, 0.6) is 0 Å². The van der Waals surface area contributed by atoms with Crippen molar-refractivity contribution in [2.24, 2.45) is 0 Å². The molecule has 1 aliphatic heterocycles. The van der Waals surface area contributed by atoms with Crippen LogP contribution in [0, 0.1) is 0 Å². The number of urea groups is 1. The molecule has 7 nitrogen and oxygen atoms in total. The van der Waals surface area contributed by atoms with Crippen LogP contribution in [0.2, 0.25) is 0 Å². The lowest BCUT2D eigenvalue weighted by atomic mass is 9.90. The Bertz CT molecular complexity index is 1420. The first-order chi connectivity index (χ1) is 16.9. The Balaban J connectivity index is 1.25. The van der Waals surface area contributed by atoms with Crippen molar-refractivity contribution in [2.75, 3.05) is 11.9 Å². The van der Waals surface area contributed by atoms with Crippen LogP contribution in [-0.2, 0) is 21.5 Å². The van der Waals surface area contributed by atoms with E-state index < -0.39 is 23.4 Å². The van der Waals surface area contributed by atoms with E-state index in [1.807, 2.05) is 66.7 Å². The molecule has 35 heavy (non-hydrogen) atoms. The number of pyridine rings is 1. The Kier molecular flexibility index (Phi) is 5.74. The van der Waals surface area contributed by atoms with Crippen LogP contribution in [0.25, 0.3) is 10.8 Å². The highest BCUT2D eigenvalue weighted by Crippen LogP contribution is 2.31. The van der Waals surface area contributed by atoms with Gasteiger partial charge in [0.15, 0.2) is 0 Å². The number of nitrogens with one attached hydrogen (secondary N) is 2. The maximum atomic E-state index is 13.2. The lowest BCUT2D eigenvalue weighted by molar-refractivity contribution is -0.133. The standard InChI is InChI=1S/C28H24N4O3/c1-28(23-9-8-21-4-2-3-5-22(21)17-23)26(34)32(27(35)31-28)18-25(33)30-24-10-6-19(7-11-24)16-20-12-14-29-15-13-20/h2-15,17H,16,18H2,1H3,(H,30,33)(H,31,35). The molecule has 174 valence electrons. The number of hydrogen-bond donors (Lipinski definition) is 2. The second-order valence-electron chi connectivity index (χ2n) is 8.79. The molecule has 4 amide bonds. The number of rotatable bonds is 6. The fourth-order valence-electron chi connectivity index (χ4n) is 4.32. The van der Waals surface area contributed by atoms with Crippen LogP contribution in [0.1, 0.15) is 23.6 Å². The maximum absolute atomic E-state index is 13.2. The summed E-state index contributed by atoms with van der Waals surface area (Å²) in [6.07, 6.45) is 4.27. The first-order valence-electron chi connectivity index (χ1n) is 11.3. The Morgan fingerprint density at radius 3 is 2.34 bits per heavy atom. The second-order valence-corrected chi connectivity index (χ2v) is 8.79. The molecule has 1 aliphatic rings. The minimum absolute atomic E-state index is 0.368. The van der Waals surface area contributed by atoms with Crippen LogP contribution in [-0.4, -0.2) is 34.3 Å². The van der Waals surface area contributed by atoms with E-state index in [4.69, 9.17) is 0 Å². The van der Waals surface area contributed by atoms with Crippen molar-refractivity contribution in [3.8, 4) is 0 Å². The molecule has 1 saturated heterocycles. The topological polar surface area (TPSA) is 91.4 Å². The number of carbonyl (C=O) groups excluding carboxylic acids is 3. The largest absolute Gasteiger partial charge is 0.325 e. The number of hydrogen-bond acceptors (Lipinski definition) is 4. The molecule has 0 bridgehead atoms. The van der Waals surface area contributed by atoms with Gasteiger partial charge in [-0.25, -0.2) is 4.79 Å². The fraction of sp³-hybridized carbons (Fsp3) is 0.143. The molecule has 1 fully saturated rings. The summed E-state index contributed by atoms with van der Waals surface area (Å²) in [5, 5.41) is 7.54. The van der Waals surface area contributed by atoms with Crippen LogP contribution in [0.3, 0.4) is 0 Å². The van der Waals surface area contributed by atoms with Gasteiger partial charge in [0, 0.05) is 18.1 Å². The molecule has 1 unspecified atom stereocenters. The zero-order chi connectivity index (χ0) is 24.4. The average Bonchev–Trinajstić information content (AvgIpc) is 3.09. The van der Waals surface area contributed by atoms with Crippen LogP contribution in [0.4, 0.5) is 10.5 Å². The van der Waals surface area contributed by atoms with Crippen molar-refractivity contribution >= 4 is 34.3 Å². The molecule has 0 spiro atoms. The first kappa shape index (κ1) is 22.3. The fourth-order valence-corrected chi connectivity index (χ4v) is 4.32. The van der Waals surface area contributed by atoms with Crippen molar-refractivity contribution in [3.63, 3.8) is 0 Å². The van der Waals surface area contributed by atoms with E-state index in [1.165, 1.54) is 0 Å². The van der Waals surface area contributed by atoms with Crippen LogP contribution >= 0.6 is 0 Å². The monoisotopic (exact) mass is 464 g/mol. The zero-order valence-corrected chi connectivity index (χ0v) is 19.2. The minimum atomic E-state index is -1.24. The Morgan fingerprint density at radius 2 is 1.60 bits per heavy atom. The van der Waals surface area contributed by atoms with Crippen molar-refractivity contribution in [3.05, 3.63) is 108 Å². The van der Waals surface area contributed by atoms with E-state index in [9.17, 15) is 14.4 Å². The van der Waals surface area contributed by atoms with E-state index >= 15 is 0 Å². The number of nitrogens with zero attached hydrogens (tertiary/aromatic N) is 2. The highest BCUT2D eigenvalue weighted by Gasteiger charge is 2.49. The van der Waals surface area contributed by atoms with E-state index in [0.29, 0.717) is 11.3 Å². The molecule has 4 aromatic rings. The highest BCUT2D eigenvalue weighted by atomic mass is 16.2.